The van der Waals surface area contributed by atoms with Crippen molar-refractivity contribution in [2.75, 3.05) is 24.5 Å². The molecule has 0 spiro atoms. The highest BCUT2D eigenvalue weighted by molar-refractivity contribution is 6.30. The van der Waals surface area contributed by atoms with Crippen LogP contribution >= 0.6 is 0 Å². The van der Waals surface area contributed by atoms with Crippen molar-refractivity contribution in [3.05, 3.63) is 99.5 Å². The number of pyridine rings is 1. The number of hydrogen-bond acceptors (Lipinski definition) is 5. The van der Waals surface area contributed by atoms with E-state index in [9.17, 15) is 19.2 Å². The molecule has 2 aromatic carbocycles. The fourth-order valence-corrected chi connectivity index (χ4v) is 7.02. The Hall–Kier alpha value is -4.04. The minimum Gasteiger partial charge on any atom is -0.312 e. The molecule has 2 fully saturated rings. The molecule has 8 heteroatoms. The molecule has 0 radical (unpaired) electrons. The molecule has 3 aliphatic heterocycles. The summed E-state index contributed by atoms with van der Waals surface area (Å²) in [5.74, 6) is -0.329. The monoisotopic (exact) mass is 566 g/mol. The highest BCUT2D eigenvalue weighted by atomic mass is 16.2. The van der Waals surface area contributed by atoms with E-state index in [2.05, 4.69) is 24.1 Å². The van der Waals surface area contributed by atoms with Crippen molar-refractivity contribution in [2.45, 2.75) is 58.4 Å². The van der Waals surface area contributed by atoms with E-state index in [-0.39, 0.29) is 30.4 Å². The largest absolute Gasteiger partial charge is 0.335 e. The van der Waals surface area contributed by atoms with Crippen molar-refractivity contribution in [3.63, 3.8) is 0 Å². The number of fused-ring (bicyclic) bond motifs is 4. The predicted molar refractivity (Wildman–Crippen MR) is 162 cm³/mol. The lowest BCUT2D eigenvalue weighted by Crippen LogP contribution is -2.68. The van der Waals surface area contributed by atoms with E-state index in [1.165, 1.54) is 5.56 Å². The van der Waals surface area contributed by atoms with Gasteiger partial charge in [-0.3, -0.25) is 19.7 Å². The van der Waals surface area contributed by atoms with Gasteiger partial charge in [-0.05, 0) is 66.0 Å². The molecular weight excluding hydrogens is 528 g/mol. The number of benzene rings is 2. The molecule has 3 aromatic rings. The van der Waals surface area contributed by atoms with E-state index < -0.39 is 23.3 Å². The SMILES string of the molecule is CCc1ccc(N2C(=O)NC(=O)C(Cc3ccc(C(C)C)cc3)(CN3CC4CC(C3)c3cccc(=O)n3C4)C2=O)cc1. The van der Waals surface area contributed by atoms with Gasteiger partial charge < -0.3 is 9.47 Å². The van der Waals surface area contributed by atoms with Gasteiger partial charge in [-0.1, -0.05) is 63.2 Å². The van der Waals surface area contributed by atoms with E-state index in [0.29, 0.717) is 31.2 Å². The number of amides is 4. The normalized spacial score (nSPS) is 24.1. The van der Waals surface area contributed by atoms with Gasteiger partial charge >= 0.3 is 6.03 Å². The van der Waals surface area contributed by atoms with Crippen LogP contribution in [-0.4, -0.2) is 46.9 Å². The predicted octanol–water partition coefficient (Wildman–Crippen LogP) is 4.47. The Bertz CT molecular complexity index is 1580. The molecule has 1 N–H and O–H groups in total. The van der Waals surface area contributed by atoms with E-state index in [1.54, 1.807) is 24.3 Å². The number of nitrogens with one attached hydrogen (secondary N) is 1. The number of likely N-dealkylation sites (tertiary alicyclic amines) is 1. The third-order valence-electron chi connectivity index (χ3n) is 9.27. The van der Waals surface area contributed by atoms with Gasteiger partial charge in [0.1, 0.15) is 5.41 Å². The zero-order chi connectivity index (χ0) is 29.6. The van der Waals surface area contributed by atoms with Gasteiger partial charge in [0.25, 0.3) is 11.5 Å². The first-order chi connectivity index (χ1) is 20.2. The van der Waals surface area contributed by atoms with Gasteiger partial charge in [0.2, 0.25) is 5.91 Å². The van der Waals surface area contributed by atoms with Crippen LogP contribution in [0.25, 0.3) is 0 Å². The summed E-state index contributed by atoms with van der Waals surface area (Å²) in [7, 11) is 0. The van der Waals surface area contributed by atoms with Crippen LogP contribution in [0, 0.1) is 11.3 Å². The van der Waals surface area contributed by atoms with Crippen molar-refractivity contribution >= 4 is 23.5 Å². The minimum atomic E-state index is -1.50. The summed E-state index contributed by atoms with van der Waals surface area (Å²) in [5.41, 5.74) is 3.11. The number of carbonyl (C=O) groups is 3. The Kier molecular flexibility index (Phi) is 7.35. The summed E-state index contributed by atoms with van der Waals surface area (Å²) in [6.07, 6.45) is 1.98. The molecule has 42 heavy (non-hydrogen) atoms. The first-order valence-electron chi connectivity index (χ1n) is 15.0. The van der Waals surface area contributed by atoms with Crippen molar-refractivity contribution in [3.8, 4) is 0 Å². The number of urea groups is 1. The maximum absolute atomic E-state index is 14.5. The van der Waals surface area contributed by atoms with Crippen LogP contribution in [0.2, 0.25) is 0 Å². The van der Waals surface area contributed by atoms with E-state index >= 15 is 0 Å². The number of nitrogens with zero attached hydrogens (tertiary/aromatic N) is 3. The Balaban J connectivity index is 1.37. The molecule has 3 unspecified atom stereocenters. The number of barbiturate groups is 1. The molecule has 3 aliphatic rings. The maximum atomic E-state index is 14.5. The standard InChI is InChI=1S/C34H38N4O4/c1-4-23-10-14-28(15-11-23)38-32(41)34(31(40)35-33(38)42,17-24-8-12-26(13-9-24)22(2)3)21-36-18-25-16-27(20-36)29-6-5-7-30(39)37(29)19-25/h5-15,22,25,27H,4,16-21H2,1-3H3,(H,35,40,42). The topological polar surface area (TPSA) is 91.7 Å². The lowest BCUT2D eigenvalue weighted by molar-refractivity contribution is -0.144. The summed E-state index contributed by atoms with van der Waals surface area (Å²) in [6.45, 7) is 8.41. The highest BCUT2D eigenvalue weighted by Crippen LogP contribution is 2.39. The van der Waals surface area contributed by atoms with Crippen LogP contribution < -0.4 is 15.8 Å². The number of anilines is 1. The fraction of sp³-hybridized carbons (Fsp3) is 0.412. The number of hydrogen-bond donors (Lipinski definition) is 1. The quantitative estimate of drug-likeness (QED) is 0.427. The second-order valence-corrected chi connectivity index (χ2v) is 12.5. The number of aryl methyl sites for hydroxylation is 1. The fourth-order valence-electron chi connectivity index (χ4n) is 7.02. The second kappa shape index (κ2) is 11.0. The summed E-state index contributed by atoms with van der Waals surface area (Å²) < 4.78 is 1.88. The lowest BCUT2D eigenvalue weighted by Gasteiger charge is -2.47. The molecule has 6 rings (SSSR count). The van der Waals surface area contributed by atoms with Crippen LogP contribution in [0.1, 0.15) is 61.4 Å². The molecule has 8 nitrogen and oxygen atoms in total. The first kappa shape index (κ1) is 28.1. The van der Waals surface area contributed by atoms with Gasteiger partial charge in [-0.2, -0.15) is 0 Å². The molecule has 4 heterocycles. The Morgan fingerprint density at radius 1 is 0.881 bits per heavy atom. The van der Waals surface area contributed by atoms with Crippen LogP contribution in [0.5, 0.6) is 0 Å². The molecule has 4 amide bonds. The van der Waals surface area contributed by atoms with Crippen molar-refractivity contribution < 1.29 is 14.4 Å². The average molecular weight is 567 g/mol. The van der Waals surface area contributed by atoms with Gasteiger partial charge in [0.15, 0.2) is 0 Å². The summed E-state index contributed by atoms with van der Waals surface area (Å²) >= 11 is 0. The Morgan fingerprint density at radius 2 is 1.60 bits per heavy atom. The summed E-state index contributed by atoms with van der Waals surface area (Å²) in [6, 6.07) is 20.1. The van der Waals surface area contributed by atoms with Crippen LogP contribution in [0.15, 0.2) is 71.5 Å². The van der Waals surface area contributed by atoms with E-state index in [1.807, 2.05) is 54.0 Å². The Morgan fingerprint density at radius 3 is 2.29 bits per heavy atom. The summed E-state index contributed by atoms with van der Waals surface area (Å²) in [5, 5.41) is 2.55. The lowest BCUT2D eigenvalue weighted by atomic mass is 9.75. The van der Waals surface area contributed by atoms with E-state index in [0.717, 1.165) is 34.6 Å². The molecule has 1 aromatic heterocycles. The number of carbonyl (C=O) groups excluding carboxylic acids is 3. The van der Waals surface area contributed by atoms with E-state index in [4.69, 9.17) is 0 Å². The molecular formula is C34H38N4O4. The van der Waals surface area contributed by atoms with Gasteiger partial charge in [-0.25, -0.2) is 9.69 Å². The van der Waals surface area contributed by atoms with Crippen LogP contribution in [-0.2, 0) is 29.0 Å². The number of rotatable bonds is 7. The zero-order valence-electron chi connectivity index (χ0n) is 24.5. The first-order valence-corrected chi connectivity index (χ1v) is 15.0. The smallest absolute Gasteiger partial charge is 0.312 e. The van der Waals surface area contributed by atoms with Crippen LogP contribution in [0.3, 0.4) is 0 Å². The third-order valence-corrected chi connectivity index (χ3v) is 9.27. The number of imide groups is 2. The molecule has 2 saturated heterocycles. The zero-order valence-corrected chi connectivity index (χ0v) is 24.5. The Labute approximate surface area is 246 Å². The second-order valence-electron chi connectivity index (χ2n) is 12.5. The van der Waals surface area contributed by atoms with Crippen molar-refractivity contribution in [2.24, 2.45) is 11.3 Å². The number of aromatic nitrogens is 1. The van der Waals surface area contributed by atoms with Crippen molar-refractivity contribution in [1.29, 1.82) is 0 Å². The third kappa shape index (κ3) is 4.98. The van der Waals surface area contributed by atoms with Gasteiger partial charge in [0.05, 0.1) is 5.69 Å². The molecule has 218 valence electrons. The molecule has 3 atom stereocenters. The maximum Gasteiger partial charge on any atom is 0.335 e. The minimum absolute atomic E-state index is 0.0158. The van der Waals surface area contributed by atoms with Gasteiger partial charge in [-0.15, -0.1) is 0 Å². The molecule has 0 saturated carbocycles. The molecule has 2 bridgehead atoms. The van der Waals surface area contributed by atoms with Gasteiger partial charge in [0, 0.05) is 43.9 Å². The highest BCUT2D eigenvalue weighted by Gasteiger charge is 2.55. The average Bonchev–Trinajstić information content (AvgIpc) is 2.97. The molecule has 0 aliphatic carbocycles. The van der Waals surface area contributed by atoms with Crippen LogP contribution in [0.4, 0.5) is 10.5 Å². The summed E-state index contributed by atoms with van der Waals surface area (Å²) in [4.78, 5) is 57.5. The number of piperidine rings is 1. The van der Waals surface area contributed by atoms with Crippen molar-refractivity contribution in [1.82, 2.24) is 14.8 Å².